The van der Waals surface area contributed by atoms with Crippen molar-refractivity contribution >= 4 is 15.5 Å². The van der Waals surface area contributed by atoms with Crippen LogP contribution in [0.3, 0.4) is 0 Å². The van der Waals surface area contributed by atoms with E-state index < -0.39 is 39.1 Å². The second kappa shape index (κ2) is 4.38. The molecule has 9 heteroatoms. The SMILES string of the molecule is O=S1(=O)CCN(c2c(F)c(F)nc(F)c2F)CC1. The number of halogens is 4. The van der Waals surface area contributed by atoms with Crippen LogP contribution in [0.1, 0.15) is 0 Å². The fourth-order valence-electron chi connectivity index (χ4n) is 1.69. The zero-order valence-electron chi connectivity index (χ0n) is 8.96. The third-order valence-corrected chi connectivity index (χ3v) is 4.24. The van der Waals surface area contributed by atoms with Crippen LogP contribution in [0.4, 0.5) is 23.2 Å². The van der Waals surface area contributed by atoms with Gasteiger partial charge in [-0.15, -0.1) is 0 Å². The van der Waals surface area contributed by atoms with Crippen LogP contribution in [0.25, 0.3) is 0 Å². The maximum atomic E-state index is 13.4. The van der Waals surface area contributed by atoms with Crippen molar-refractivity contribution in [3.63, 3.8) is 0 Å². The number of aromatic nitrogens is 1. The Hall–Kier alpha value is -1.38. The Morgan fingerprint density at radius 3 is 1.83 bits per heavy atom. The number of anilines is 1. The van der Waals surface area contributed by atoms with E-state index in [1.54, 1.807) is 0 Å². The summed E-state index contributed by atoms with van der Waals surface area (Å²) in [6.07, 6.45) is 0. The Labute approximate surface area is 100 Å². The lowest BCUT2D eigenvalue weighted by Gasteiger charge is -2.29. The Kier molecular flexibility index (Phi) is 3.18. The summed E-state index contributed by atoms with van der Waals surface area (Å²) in [4.78, 5) is 3.39. The van der Waals surface area contributed by atoms with Crippen molar-refractivity contribution in [1.82, 2.24) is 4.98 Å². The molecule has 0 spiro atoms. The minimum Gasteiger partial charge on any atom is -0.364 e. The fraction of sp³-hybridized carbons (Fsp3) is 0.444. The lowest BCUT2D eigenvalue weighted by Crippen LogP contribution is -2.41. The molecule has 1 aliphatic rings. The van der Waals surface area contributed by atoms with Crippen LogP contribution in [0.15, 0.2) is 0 Å². The minimum atomic E-state index is -3.26. The quantitative estimate of drug-likeness (QED) is 0.567. The monoisotopic (exact) mass is 284 g/mol. The molecule has 0 amide bonds. The van der Waals surface area contributed by atoms with E-state index in [1.165, 1.54) is 0 Å². The van der Waals surface area contributed by atoms with Gasteiger partial charge in [0.15, 0.2) is 9.84 Å². The van der Waals surface area contributed by atoms with Gasteiger partial charge in [0.2, 0.25) is 11.6 Å². The van der Waals surface area contributed by atoms with Crippen molar-refractivity contribution in [2.24, 2.45) is 0 Å². The fourth-order valence-corrected chi connectivity index (χ4v) is 2.89. The zero-order chi connectivity index (χ0) is 13.5. The predicted molar refractivity (Wildman–Crippen MR) is 54.9 cm³/mol. The summed E-state index contributed by atoms with van der Waals surface area (Å²) in [6, 6.07) is 0. The van der Waals surface area contributed by atoms with Crippen molar-refractivity contribution in [2.75, 3.05) is 29.5 Å². The first kappa shape index (κ1) is 13.1. The van der Waals surface area contributed by atoms with Crippen molar-refractivity contribution in [2.45, 2.75) is 0 Å². The van der Waals surface area contributed by atoms with E-state index in [2.05, 4.69) is 4.98 Å². The van der Waals surface area contributed by atoms with Crippen LogP contribution in [-0.2, 0) is 9.84 Å². The van der Waals surface area contributed by atoms with Gasteiger partial charge in [0.1, 0.15) is 5.69 Å². The van der Waals surface area contributed by atoms with Crippen LogP contribution in [0, 0.1) is 23.5 Å². The molecule has 0 unspecified atom stereocenters. The molecule has 1 aromatic rings. The smallest absolute Gasteiger partial charge is 0.253 e. The van der Waals surface area contributed by atoms with Gasteiger partial charge in [-0.1, -0.05) is 0 Å². The number of hydrogen-bond acceptors (Lipinski definition) is 4. The lowest BCUT2D eigenvalue weighted by atomic mass is 10.3. The number of hydrogen-bond donors (Lipinski definition) is 0. The molecule has 1 saturated heterocycles. The van der Waals surface area contributed by atoms with Gasteiger partial charge >= 0.3 is 0 Å². The molecular weight excluding hydrogens is 276 g/mol. The van der Waals surface area contributed by atoms with E-state index in [0.29, 0.717) is 0 Å². The number of nitrogens with zero attached hydrogens (tertiary/aromatic N) is 2. The Bertz CT molecular complexity index is 550. The highest BCUT2D eigenvalue weighted by Crippen LogP contribution is 2.27. The van der Waals surface area contributed by atoms with Crippen molar-refractivity contribution < 1.29 is 26.0 Å². The molecule has 1 aliphatic heterocycles. The second-order valence-corrected chi connectivity index (χ2v) is 6.11. The van der Waals surface area contributed by atoms with E-state index in [0.717, 1.165) is 4.90 Å². The Morgan fingerprint density at radius 2 is 1.39 bits per heavy atom. The van der Waals surface area contributed by atoms with E-state index in [9.17, 15) is 26.0 Å². The summed E-state index contributed by atoms with van der Waals surface area (Å²) < 4.78 is 74.9. The molecule has 0 aliphatic carbocycles. The average Bonchev–Trinajstić information content (AvgIpc) is 2.29. The van der Waals surface area contributed by atoms with Gasteiger partial charge in [-0.25, -0.2) is 8.42 Å². The maximum absolute atomic E-state index is 13.4. The summed E-state index contributed by atoms with van der Waals surface area (Å²) in [7, 11) is -3.26. The molecule has 1 aromatic heterocycles. The highest BCUT2D eigenvalue weighted by atomic mass is 32.2. The van der Waals surface area contributed by atoms with E-state index in [-0.39, 0.29) is 24.6 Å². The molecule has 18 heavy (non-hydrogen) atoms. The van der Waals surface area contributed by atoms with Gasteiger partial charge in [-0.05, 0) is 0 Å². The molecule has 0 bridgehead atoms. The molecule has 0 saturated carbocycles. The molecule has 0 atom stereocenters. The lowest BCUT2D eigenvalue weighted by molar-refractivity contribution is 0.406. The highest BCUT2D eigenvalue weighted by molar-refractivity contribution is 7.91. The van der Waals surface area contributed by atoms with Crippen LogP contribution < -0.4 is 4.90 Å². The van der Waals surface area contributed by atoms with E-state index in [1.807, 2.05) is 0 Å². The normalized spacial score (nSPS) is 19.0. The number of rotatable bonds is 1. The van der Waals surface area contributed by atoms with E-state index >= 15 is 0 Å². The molecule has 0 radical (unpaired) electrons. The topological polar surface area (TPSA) is 50.3 Å². The summed E-state index contributed by atoms with van der Waals surface area (Å²) in [5, 5.41) is 0. The van der Waals surface area contributed by atoms with Crippen LogP contribution in [0.2, 0.25) is 0 Å². The van der Waals surface area contributed by atoms with Gasteiger partial charge in [0, 0.05) is 13.1 Å². The number of pyridine rings is 1. The molecule has 2 rings (SSSR count). The maximum Gasteiger partial charge on any atom is 0.253 e. The van der Waals surface area contributed by atoms with Gasteiger partial charge in [0.25, 0.3) is 11.9 Å². The summed E-state index contributed by atoms with van der Waals surface area (Å²) in [6.45, 7) is -0.446. The zero-order valence-corrected chi connectivity index (χ0v) is 9.78. The van der Waals surface area contributed by atoms with Gasteiger partial charge in [-0.2, -0.15) is 22.5 Å². The minimum absolute atomic E-state index is 0.223. The van der Waals surface area contributed by atoms with Crippen molar-refractivity contribution in [1.29, 1.82) is 0 Å². The van der Waals surface area contributed by atoms with Crippen LogP contribution >= 0.6 is 0 Å². The average molecular weight is 284 g/mol. The Balaban J connectivity index is 2.40. The molecular formula is C9H8F4N2O2S. The first-order valence-electron chi connectivity index (χ1n) is 4.97. The molecule has 100 valence electrons. The summed E-state index contributed by atoms with van der Waals surface area (Å²) >= 11 is 0. The molecule has 2 heterocycles. The molecule has 0 aromatic carbocycles. The first-order chi connectivity index (χ1) is 8.32. The van der Waals surface area contributed by atoms with Crippen molar-refractivity contribution in [3.8, 4) is 0 Å². The summed E-state index contributed by atoms with van der Waals surface area (Å²) in [5.74, 6) is -7.38. The van der Waals surface area contributed by atoms with E-state index in [4.69, 9.17) is 0 Å². The molecule has 4 nitrogen and oxygen atoms in total. The standard InChI is InChI=1S/C9H8F4N2O2S/c10-5-7(6(11)9(13)14-8(5)12)15-1-3-18(16,17)4-2-15/h1-4H2. The highest BCUT2D eigenvalue weighted by Gasteiger charge is 2.29. The summed E-state index contributed by atoms with van der Waals surface area (Å²) in [5.41, 5.74) is -0.908. The molecule has 0 N–H and O–H groups in total. The first-order valence-corrected chi connectivity index (χ1v) is 6.79. The Morgan fingerprint density at radius 1 is 0.944 bits per heavy atom. The van der Waals surface area contributed by atoms with Crippen LogP contribution in [0.5, 0.6) is 0 Å². The van der Waals surface area contributed by atoms with Crippen molar-refractivity contribution in [3.05, 3.63) is 23.5 Å². The number of sulfone groups is 1. The third-order valence-electron chi connectivity index (χ3n) is 2.64. The van der Waals surface area contributed by atoms with Crippen LogP contribution in [-0.4, -0.2) is 38.0 Å². The third kappa shape index (κ3) is 2.26. The van der Waals surface area contributed by atoms with Gasteiger partial charge < -0.3 is 4.90 Å². The molecule has 1 fully saturated rings. The predicted octanol–water partition coefficient (Wildman–Crippen LogP) is 0.873. The van der Waals surface area contributed by atoms with Gasteiger partial charge in [0.05, 0.1) is 11.5 Å². The van der Waals surface area contributed by atoms with Gasteiger partial charge in [-0.3, -0.25) is 0 Å². The largest absolute Gasteiger partial charge is 0.364 e. The second-order valence-electron chi connectivity index (χ2n) is 3.81.